The molecule has 3 aromatic rings. The van der Waals surface area contributed by atoms with E-state index in [1.807, 2.05) is 26.0 Å². The van der Waals surface area contributed by atoms with Crippen LogP contribution in [0.4, 0.5) is 5.82 Å². The summed E-state index contributed by atoms with van der Waals surface area (Å²) in [5.41, 5.74) is 7.09. The quantitative estimate of drug-likeness (QED) is 0.693. The zero-order valence-electron chi connectivity index (χ0n) is 16.5. The molecule has 2 aromatic heterocycles. The molecular weight excluding hydrogens is 334 g/mol. The summed E-state index contributed by atoms with van der Waals surface area (Å²) in [6.07, 6.45) is 6.38. The van der Waals surface area contributed by atoms with Gasteiger partial charge in [-0.05, 0) is 75.9 Å². The Balaban J connectivity index is 1.68. The van der Waals surface area contributed by atoms with Crippen molar-refractivity contribution in [3.8, 4) is 0 Å². The Morgan fingerprint density at radius 3 is 2.15 bits per heavy atom. The van der Waals surface area contributed by atoms with Crippen molar-refractivity contribution in [3.05, 3.63) is 52.2 Å². The molecule has 1 aliphatic rings. The third kappa shape index (κ3) is 3.68. The normalized spacial score (nSPS) is 14.6. The fourth-order valence-electron chi connectivity index (χ4n) is 3.48. The van der Waals surface area contributed by atoms with Gasteiger partial charge in [0, 0.05) is 24.8 Å². The predicted molar refractivity (Wildman–Crippen MR) is 111 cm³/mol. The molecule has 138 valence electrons. The molecule has 1 fully saturated rings. The van der Waals surface area contributed by atoms with Gasteiger partial charge in [0.25, 0.3) is 0 Å². The Bertz CT molecular complexity index is 1030. The number of aromatic nitrogens is 4. The Labute approximate surface area is 160 Å². The summed E-state index contributed by atoms with van der Waals surface area (Å²) >= 11 is 0. The van der Waals surface area contributed by atoms with Crippen LogP contribution < -0.4 is 4.90 Å². The minimum atomic E-state index is 0.721. The van der Waals surface area contributed by atoms with E-state index in [0.29, 0.717) is 0 Å². The number of hydrogen-bond donors (Lipinski definition) is 0. The summed E-state index contributed by atoms with van der Waals surface area (Å²) in [6, 6.07) is 6.27. The topological polar surface area (TPSA) is 54.8 Å². The van der Waals surface area contributed by atoms with E-state index in [1.165, 1.54) is 24.0 Å². The predicted octanol–water partition coefficient (Wildman–Crippen LogP) is 4.42. The van der Waals surface area contributed by atoms with Crippen molar-refractivity contribution in [2.45, 2.75) is 40.5 Å². The Morgan fingerprint density at radius 1 is 0.778 bits per heavy atom. The summed E-state index contributed by atoms with van der Waals surface area (Å²) in [7, 11) is 0. The molecule has 0 aliphatic carbocycles. The minimum absolute atomic E-state index is 0.721. The van der Waals surface area contributed by atoms with Crippen molar-refractivity contribution in [3.63, 3.8) is 0 Å². The van der Waals surface area contributed by atoms with E-state index in [9.17, 15) is 0 Å². The lowest BCUT2D eigenvalue weighted by Gasteiger charge is -2.16. The smallest absolute Gasteiger partial charge is 0.154 e. The van der Waals surface area contributed by atoms with Crippen LogP contribution in [-0.2, 0) is 0 Å². The maximum absolute atomic E-state index is 4.80. The van der Waals surface area contributed by atoms with E-state index >= 15 is 0 Å². The molecule has 0 radical (unpaired) electrons. The largest absolute Gasteiger partial charge is 0.356 e. The van der Waals surface area contributed by atoms with Gasteiger partial charge in [-0.15, -0.1) is 0 Å². The second-order valence-corrected chi connectivity index (χ2v) is 7.37. The van der Waals surface area contributed by atoms with Crippen LogP contribution in [0.15, 0.2) is 18.2 Å². The van der Waals surface area contributed by atoms with Gasteiger partial charge in [-0.3, -0.25) is 0 Å². The first-order valence-corrected chi connectivity index (χ1v) is 9.54. The van der Waals surface area contributed by atoms with E-state index in [0.717, 1.165) is 52.8 Å². The SMILES string of the molecule is Cc1cc(N2CCCC2)nc(/C=C/c2nc3cc(C)c(C)cc3nc2C)n1. The van der Waals surface area contributed by atoms with Gasteiger partial charge in [0.2, 0.25) is 0 Å². The van der Waals surface area contributed by atoms with E-state index < -0.39 is 0 Å². The van der Waals surface area contributed by atoms with Crippen molar-refractivity contribution in [2.75, 3.05) is 18.0 Å². The van der Waals surface area contributed by atoms with E-state index in [4.69, 9.17) is 15.0 Å². The van der Waals surface area contributed by atoms with Crippen molar-refractivity contribution >= 4 is 29.0 Å². The molecule has 0 unspecified atom stereocenters. The molecule has 27 heavy (non-hydrogen) atoms. The van der Waals surface area contributed by atoms with Gasteiger partial charge < -0.3 is 4.90 Å². The van der Waals surface area contributed by atoms with Gasteiger partial charge >= 0.3 is 0 Å². The Hall–Kier alpha value is -2.82. The highest BCUT2D eigenvalue weighted by atomic mass is 15.2. The highest BCUT2D eigenvalue weighted by Crippen LogP contribution is 2.21. The first-order chi connectivity index (χ1) is 13.0. The number of aryl methyl sites for hydroxylation is 4. The summed E-state index contributed by atoms with van der Waals surface area (Å²) < 4.78 is 0. The molecule has 5 nitrogen and oxygen atoms in total. The number of fused-ring (bicyclic) bond motifs is 1. The first-order valence-electron chi connectivity index (χ1n) is 9.54. The lowest BCUT2D eigenvalue weighted by Crippen LogP contribution is -2.19. The second-order valence-electron chi connectivity index (χ2n) is 7.37. The highest BCUT2D eigenvalue weighted by molar-refractivity contribution is 5.79. The lowest BCUT2D eigenvalue weighted by atomic mass is 10.1. The van der Waals surface area contributed by atoms with Gasteiger partial charge in [0.1, 0.15) is 5.82 Å². The van der Waals surface area contributed by atoms with Gasteiger partial charge in [-0.2, -0.15) is 0 Å². The van der Waals surface area contributed by atoms with Crippen LogP contribution in [0, 0.1) is 27.7 Å². The highest BCUT2D eigenvalue weighted by Gasteiger charge is 2.14. The molecule has 1 aliphatic heterocycles. The Kier molecular flexibility index (Phi) is 4.60. The van der Waals surface area contributed by atoms with Crippen LogP contribution in [0.25, 0.3) is 23.2 Å². The summed E-state index contributed by atoms with van der Waals surface area (Å²) in [4.78, 5) is 21.1. The number of anilines is 1. The molecule has 0 atom stereocenters. The van der Waals surface area contributed by atoms with E-state index in [2.05, 4.69) is 41.9 Å². The molecule has 3 heterocycles. The zero-order chi connectivity index (χ0) is 19.0. The fraction of sp³-hybridized carbons (Fsp3) is 0.364. The number of benzene rings is 1. The van der Waals surface area contributed by atoms with E-state index in [1.54, 1.807) is 0 Å². The van der Waals surface area contributed by atoms with Gasteiger partial charge in [-0.1, -0.05) is 0 Å². The van der Waals surface area contributed by atoms with Crippen LogP contribution in [-0.4, -0.2) is 33.0 Å². The summed E-state index contributed by atoms with van der Waals surface area (Å²) in [6.45, 7) is 10.4. The van der Waals surface area contributed by atoms with Crippen molar-refractivity contribution in [1.29, 1.82) is 0 Å². The monoisotopic (exact) mass is 359 g/mol. The molecule has 5 heteroatoms. The third-order valence-electron chi connectivity index (χ3n) is 5.17. The lowest BCUT2D eigenvalue weighted by molar-refractivity contribution is 0.915. The molecule has 0 amide bonds. The molecule has 4 rings (SSSR count). The van der Waals surface area contributed by atoms with Gasteiger partial charge in [0.15, 0.2) is 5.82 Å². The second kappa shape index (κ2) is 7.06. The Morgan fingerprint density at radius 2 is 1.44 bits per heavy atom. The molecule has 1 saturated heterocycles. The molecule has 0 bridgehead atoms. The molecule has 0 saturated carbocycles. The van der Waals surface area contributed by atoms with Gasteiger partial charge in [-0.25, -0.2) is 19.9 Å². The standard InChI is InChI=1S/C22H25N5/c1-14-11-19-20(12-15(14)2)25-18(17(4)24-19)7-8-21-23-16(3)13-22(26-21)27-9-5-6-10-27/h7-8,11-13H,5-6,9-10H2,1-4H3/b8-7+. The first kappa shape index (κ1) is 17.6. The number of rotatable bonds is 3. The molecule has 0 N–H and O–H groups in total. The average molecular weight is 359 g/mol. The molecule has 0 spiro atoms. The molecule has 1 aromatic carbocycles. The molecular formula is C22H25N5. The van der Waals surface area contributed by atoms with Gasteiger partial charge in [0.05, 0.1) is 22.4 Å². The third-order valence-corrected chi connectivity index (χ3v) is 5.17. The van der Waals surface area contributed by atoms with Crippen molar-refractivity contribution in [2.24, 2.45) is 0 Å². The number of hydrogen-bond acceptors (Lipinski definition) is 5. The van der Waals surface area contributed by atoms with Crippen LogP contribution in [0.3, 0.4) is 0 Å². The summed E-state index contributed by atoms with van der Waals surface area (Å²) in [5, 5.41) is 0. The van der Waals surface area contributed by atoms with Crippen LogP contribution in [0.2, 0.25) is 0 Å². The fourth-order valence-corrected chi connectivity index (χ4v) is 3.48. The maximum Gasteiger partial charge on any atom is 0.154 e. The zero-order valence-corrected chi connectivity index (χ0v) is 16.5. The summed E-state index contributed by atoms with van der Waals surface area (Å²) in [5.74, 6) is 1.74. The average Bonchev–Trinajstić information content (AvgIpc) is 3.16. The van der Waals surface area contributed by atoms with Crippen LogP contribution in [0.5, 0.6) is 0 Å². The van der Waals surface area contributed by atoms with E-state index in [-0.39, 0.29) is 0 Å². The van der Waals surface area contributed by atoms with Crippen LogP contribution >= 0.6 is 0 Å². The van der Waals surface area contributed by atoms with Crippen molar-refractivity contribution in [1.82, 2.24) is 19.9 Å². The maximum atomic E-state index is 4.80. The minimum Gasteiger partial charge on any atom is -0.356 e. The van der Waals surface area contributed by atoms with Crippen molar-refractivity contribution < 1.29 is 0 Å². The number of nitrogens with zero attached hydrogens (tertiary/aromatic N) is 5. The van der Waals surface area contributed by atoms with Crippen LogP contribution in [0.1, 0.15) is 46.9 Å².